The summed E-state index contributed by atoms with van der Waals surface area (Å²) in [5, 5.41) is 4.42. The van der Waals surface area contributed by atoms with Crippen LogP contribution < -0.4 is 5.32 Å². The molecule has 1 N–H and O–H groups in total. The van der Waals surface area contributed by atoms with Gasteiger partial charge in [0.1, 0.15) is 0 Å². The molecule has 3 nitrogen and oxygen atoms in total. The van der Waals surface area contributed by atoms with E-state index in [0.717, 1.165) is 36.8 Å². The van der Waals surface area contributed by atoms with Gasteiger partial charge in [0.05, 0.1) is 16.7 Å². The number of nitrogens with one attached hydrogen (secondary N) is 1. The molecule has 0 radical (unpaired) electrons. The van der Waals surface area contributed by atoms with Crippen molar-refractivity contribution < 1.29 is 8.42 Å². The summed E-state index contributed by atoms with van der Waals surface area (Å²) in [6, 6.07) is 14.9. The van der Waals surface area contributed by atoms with Crippen LogP contribution in [0.15, 0.2) is 53.4 Å². The molecule has 2 atom stereocenters. The summed E-state index contributed by atoms with van der Waals surface area (Å²) in [6.45, 7) is 4.22. The van der Waals surface area contributed by atoms with Crippen LogP contribution in [0.4, 0.5) is 0 Å². The van der Waals surface area contributed by atoms with Crippen LogP contribution in [-0.2, 0) is 9.84 Å². The molecule has 0 spiro atoms. The van der Waals surface area contributed by atoms with Gasteiger partial charge in [0, 0.05) is 10.6 Å². The van der Waals surface area contributed by atoms with Crippen molar-refractivity contribution in [1.82, 2.24) is 5.32 Å². The first-order valence-corrected chi connectivity index (χ1v) is 11.3. The van der Waals surface area contributed by atoms with E-state index in [4.69, 9.17) is 11.6 Å². The standard InChI is InChI=1S/C21H26ClNO2S/c1-3-5-14-21(4-2)15-26(24,25)19-9-7-6-8-18(19)20(23-21)16-10-12-17(22)13-11-16/h6-13,20,23H,3-5,14-15H2,1-2H3. The predicted molar refractivity (Wildman–Crippen MR) is 107 cm³/mol. The second-order valence-corrected chi connectivity index (χ2v) is 9.56. The van der Waals surface area contributed by atoms with E-state index in [1.54, 1.807) is 12.1 Å². The lowest BCUT2D eigenvalue weighted by atomic mass is 9.88. The zero-order chi connectivity index (χ0) is 18.8. The molecule has 0 bridgehead atoms. The molecule has 2 aromatic carbocycles. The molecule has 0 fully saturated rings. The fourth-order valence-corrected chi connectivity index (χ4v) is 6.10. The zero-order valence-electron chi connectivity index (χ0n) is 15.3. The summed E-state index contributed by atoms with van der Waals surface area (Å²) in [4.78, 5) is 0.444. The highest BCUT2D eigenvalue weighted by atomic mass is 35.5. The third kappa shape index (κ3) is 3.83. The summed E-state index contributed by atoms with van der Waals surface area (Å²) < 4.78 is 26.4. The highest BCUT2D eigenvalue weighted by Crippen LogP contribution is 2.38. The summed E-state index contributed by atoms with van der Waals surface area (Å²) in [5.74, 6) is 0.137. The Labute approximate surface area is 161 Å². The highest BCUT2D eigenvalue weighted by molar-refractivity contribution is 7.91. The van der Waals surface area contributed by atoms with Crippen molar-refractivity contribution in [2.45, 2.75) is 56.0 Å². The van der Waals surface area contributed by atoms with Gasteiger partial charge in [0.25, 0.3) is 0 Å². The van der Waals surface area contributed by atoms with Crippen LogP contribution in [0, 0.1) is 0 Å². The van der Waals surface area contributed by atoms with E-state index in [1.807, 2.05) is 36.4 Å². The van der Waals surface area contributed by atoms with Crippen molar-refractivity contribution in [2.75, 3.05) is 5.75 Å². The maximum Gasteiger partial charge on any atom is 0.180 e. The Balaban J connectivity index is 2.17. The maximum absolute atomic E-state index is 13.2. The van der Waals surface area contributed by atoms with Crippen LogP contribution in [0.5, 0.6) is 0 Å². The lowest BCUT2D eigenvalue weighted by Crippen LogP contribution is -2.50. The molecule has 0 saturated heterocycles. The number of rotatable bonds is 5. The van der Waals surface area contributed by atoms with Crippen molar-refractivity contribution in [3.05, 3.63) is 64.7 Å². The normalized spacial score (nSPS) is 24.7. The van der Waals surface area contributed by atoms with Crippen molar-refractivity contribution >= 4 is 21.4 Å². The molecular weight excluding hydrogens is 366 g/mol. The van der Waals surface area contributed by atoms with E-state index in [-0.39, 0.29) is 11.8 Å². The fourth-order valence-electron chi connectivity index (χ4n) is 3.83. The van der Waals surface area contributed by atoms with E-state index in [9.17, 15) is 8.42 Å². The summed E-state index contributed by atoms with van der Waals surface area (Å²) in [5.41, 5.74) is 1.42. The summed E-state index contributed by atoms with van der Waals surface area (Å²) >= 11 is 6.06. The van der Waals surface area contributed by atoms with Crippen LogP contribution in [0.3, 0.4) is 0 Å². The molecule has 1 aliphatic heterocycles. The van der Waals surface area contributed by atoms with Gasteiger partial charge in [-0.25, -0.2) is 8.42 Å². The van der Waals surface area contributed by atoms with Crippen LogP contribution in [-0.4, -0.2) is 19.7 Å². The number of unbranched alkanes of at least 4 members (excludes halogenated alkanes) is 1. The zero-order valence-corrected chi connectivity index (χ0v) is 16.9. The first kappa shape index (κ1) is 19.4. The van der Waals surface area contributed by atoms with Gasteiger partial charge >= 0.3 is 0 Å². The van der Waals surface area contributed by atoms with Crippen LogP contribution in [0.1, 0.15) is 56.7 Å². The average molecular weight is 392 g/mol. The quantitative estimate of drug-likeness (QED) is 0.767. The van der Waals surface area contributed by atoms with Crippen molar-refractivity contribution in [2.24, 2.45) is 0 Å². The molecular formula is C21H26ClNO2S. The third-order valence-corrected chi connectivity index (χ3v) is 7.60. The van der Waals surface area contributed by atoms with E-state index in [0.29, 0.717) is 9.92 Å². The second-order valence-electron chi connectivity index (χ2n) is 7.16. The Kier molecular flexibility index (Phi) is 5.75. The Morgan fingerprint density at radius 2 is 1.81 bits per heavy atom. The van der Waals surface area contributed by atoms with Crippen molar-refractivity contribution in [3.63, 3.8) is 0 Å². The van der Waals surface area contributed by atoms with Crippen molar-refractivity contribution in [3.8, 4) is 0 Å². The Hall–Kier alpha value is -1.36. The first-order valence-electron chi connectivity index (χ1n) is 9.25. The van der Waals surface area contributed by atoms with E-state index in [1.165, 1.54) is 0 Å². The number of benzene rings is 2. The number of hydrogen-bond acceptors (Lipinski definition) is 3. The number of sulfone groups is 1. The van der Waals surface area contributed by atoms with Gasteiger partial charge in [-0.1, -0.05) is 68.6 Å². The van der Waals surface area contributed by atoms with Crippen molar-refractivity contribution in [1.29, 1.82) is 0 Å². The summed E-state index contributed by atoms with van der Waals surface area (Å²) in [6.07, 6.45) is 3.66. The monoisotopic (exact) mass is 391 g/mol. The smallest absolute Gasteiger partial charge is 0.180 e. The molecule has 0 aliphatic carbocycles. The van der Waals surface area contributed by atoms with Gasteiger partial charge in [0.2, 0.25) is 0 Å². The summed E-state index contributed by atoms with van der Waals surface area (Å²) in [7, 11) is -3.37. The highest BCUT2D eigenvalue weighted by Gasteiger charge is 2.41. The topological polar surface area (TPSA) is 46.2 Å². The Morgan fingerprint density at radius 3 is 2.46 bits per heavy atom. The number of hydrogen-bond donors (Lipinski definition) is 1. The van der Waals surface area contributed by atoms with Gasteiger partial charge in [-0.2, -0.15) is 0 Å². The van der Waals surface area contributed by atoms with E-state index >= 15 is 0 Å². The fraction of sp³-hybridized carbons (Fsp3) is 0.429. The molecule has 5 heteroatoms. The van der Waals surface area contributed by atoms with Gasteiger partial charge in [-0.3, -0.25) is 5.32 Å². The minimum atomic E-state index is -3.37. The van der Waals surface area contributed by atoms with Crippen LogP contribution in [0.2, 0.25) is 5.02 Å². The molecule has 0 aromatic heterocycles. The van der Waals surface area contributed by atoms with Crippen LogP contribution >= 0.6 is 11.6 Å². The van der Waals surface area contributed by atoms with Gasteiger partial charge in [-0.15, -0.1) is 0 Å². The predicted octanol–water partition coefficient (Wildman–Crippen LogP) is 5.15. The molecule has 2 unspecified atom stereocenters. The third-order valence-electron chi connectivity index (χ3n) is 5.37. The molecule has 2 aromatic rings. The van der Waals surface area contributed by atoms with Gasteiger partial charge < -0.3 is 0 Å². The lowest BCUT2D eigenvalue weighted by Gasteiger charge is -2.36. The minimum absolute atomic E-state index is 0.137. The SMILES string of the molecule is CCCCC1(CC)CS(=O)(=O)c2ccccc2C(c2ccc(Cl)cc2)N1. The Bertz CT molecular complexity index is 864. The maximum atomic E-state index is 13.2. The molecule has 3 rings (SSSR count). The van der Waals surface area contributed by atoms with Gasteiger partial charge in [0.15, 0.2) is 9.84 Å². The largest absolute Gasteiger partial charge is 0.300 e. The minimum Gasteiger partial charge on any atom is -0.300 e. The molecule has 26 heavy (non-hydrogen) atoms. The lowest BCUT2D eigenvalue weighted by molar-refractivity contribution is 0.295. The first-order chi connectivity index (χ1) is 12.4. The van der Waals surface area contributed by atoms with Crippen LogP contribution in [0.25, 0.3) is 0 Å². The molecule has 1 heterocycles. The molecule has 140 valence electrons. The second kappa shape index (κ2) is 7.71. The van der Waals surface area contributed by atoms with Gasteiger partial charge in [-0.05, 0) is 42.2 Å². The number of fused-ring (bicyclic) bond motifs is 1. The Morgan fingerprint density at radius 1 is 1.12 bits per heavy atom. The molecule has 0 saturated carbocycles. The molecule has 1 aliphatic rings. The average Bonchev–Trinajstić information content (AvgIpc) is 2.74. The molecule has 0 amide bonds. The van der Waals surface area contributed by atoms with E-state index < -0.39 is 15.4 Å². The number of halogens is 1. The van der Waals surface area contributed by atoms with E-state index in [2.05, 4.69) is 19.2 Å².